The molecule has 4 rings (SSSR count). The molecule has 0 aliphatic carbocycles. The summed E-state index contributed by atoms with van der Waals surface area (Å²) < 4.78 is 32.4. The van der Waals surface area contributed by atoms with Gasteiger partial charge in [-0.15, -0.1) is 0 Å². The summed E-state index contributed by atoms with van der Waals surface area (Å²) in [5, 5.41) is 0.686. The molecule has 0 saturated carbocycles. The Labute approximate surface area is 164 Å². The lowest BCUT2D eigenvalue weighted by Crippen LogP contribution is -2.20. The van der Waals surface area contributed by atoms with Crippen molar-refractivity contribution in [2.45, 2.75) is 6.10 Å². The molecule has 1 aromatic heterocycles. The highest BCUT2D eigenvalue weighted by Gasteiger charge is 2.28. The molecule has 0 spiro atoms. The quantitative estimate of drug-likeness (QED) is 0.374. The van der Waals surface area contributed by atoms with E-state index in [1.807, 2.05) is 12.1 Å². The van der Waals surface area contributed by atoms with Crippen molar-refractivity contribution in [1.82, 2.24) is 4.98 Å². The lowest BCUT2D eigenvalue weighted by atomic mass is 9.99. The van der Waals surface area contributed by atoms with E-state index in [9.17, 15) is 18.4 Å². The number of ether oxygens (including phenoxy) is 1. The summed E-state index contributed by atoms with van der Waals surface area (Å²) in [6.45, 7) is 0. The minimum absolute atomic E-state index is 0.310. The van der Waals surface area contributed by atoms with Crippen LogP contribution in [0.25, 0.3) is 10.9 Å². The largest absolute Gasteiger partial charge is 0.445 e. The second kappa shape index (κ2) is 7.67. The third kappa shape index (κ3) is 3.78. The van der Waals surface area contributed by atoms with Crippen molar-refractivity contribution in [1.29, 1.82) is 0 Å². The maximum absolute atomic E-state index is 13.5. The number of H-pyrrole nitrogens is 1. The van der Waals surface area contributed by atoms with E-state index in [0.717, 1.165) is 17.6 Å². The Hall–Kier alpha value is -3.80. The summed E-state index contributed by atoms with van der Waals surface area (Å²) in [6, 6.07) is 18.1. The van der Waals surface area contributed by atoms with E-state index in [2.05, 4.69) is 4.98 Å². The van der Waals surface area contributed by atoms with Gasteiger partial charge in [-0.25, -0.2) is 13.6 Å². The van der Waals surface area contributed by atoms with Crippen LogP contribution in [0.2, 0.25) is 0 Å². The van der Waals surface area contributed by atoms with Crippen LogP contribution in [0.1, 0.15) is 32.4 Å². The lowest BCUT2D eigenvalue weighted by molar-refractivity contribution is 0.0280. The molecular formula is C23H15F2NO3. The summed E-state index contributed by atoms with van der Waals surface area (Å²) in [4.78, 5) is 28.8. The second-order valence-electron chi connectivity index (χ2n) is 6.47. The van der Waals surface area contributed by atoms with Crippen LogP contribution < -0.4 is 0 Å². The fourth-order valence-corrected chi connectivity index (χ4v) is 3.16. The molecule has 6 heteroatoms. The van der Waals surface area contributed by atoms with Crippen LogP contribution in [0.15, 0.2) is 79.0 Å². The monoisotopic (exact) mass is 391 g/mol. The van der Waals surface area contributed by atoms with E-state index in [-0.39, 0.29) is 5.56 Å². The number of aromatic nitrogens is 1. The highest BCUT2D eigenvalue weighted by molar-refractivity contribution is 6.11. The van der Waals surface area contributed by atoms with E-state index >= 15 is 0 Å². The Morgan fingerprint density at radius 3 is 2.24 bits per heavy atom. The van der Waals surface area contributed by atoms with Crippen LogP contribution in [-0.2, 0) is 4.74 Å². The van der Waals surface area contributed by atoms with Crippen molar-refractivity contribution in [2.75, 3.05) is 0 Å². The zero-order chi connectivity index (χ0) is 20.4. The van der Waals surface area contributed by atoms with Crippen LogP contribution in [-0.4, -0.2) is 16.7 Å². The van der Waals surface area contributed by atoms with Gasteiger partial charge < -0.3 is 9.72 Å². The van der Waals surface area contributed by atoms with Crippen molar-refractivity contribution in [2.24, 2.45) is 0 Å². The maximum Gasteiger partial charge on any atom is 0.339 e. The number of ketones is 1. The van der Waals surface area contributed by atoms with Gasteiger partial charge in [-0.3, -0.25) is 4.79 Å². The molecule has 0 radical (unpaired) electrons. The molecule has 0 fully saturated rings. The third-order valence-corrected chi connectivity index (χ3v) is 4.52. The first-order chi connectivity index (χ1) is 14.0. The van der Waals surface area contributed by atoms with Gasteiger partial charge in [-0.05, 0) is 18.2 Å². The van der Waals surface area contributed by atoms with E-state index in [1.54, 1.807) is 48.7 Å². The predicted molar refractivity (Wildman–Crippen MR) is 104 cm³/mol. The predicted octanol–water partition coefficient (Wildman–Crippen LogP) is 5.23. The van der Waals surface area contributed by atoms with E-state index in [0.29, 0.717) is 22.6 Å². The van der Waals surface area contributed by atoms with Crippen molar-refractivity contribution in [3.8, 4) is 0 Å². The standard InChI is InChI=1S/C23H15F2NO3/c24-16-10-15(11-17(25)12-16)23(28)29-22(14-6-2-1-3-7-14)21(27)19-13-26-20-9-5-4-8-18(19)20/h1-13,22,26H. The van der Waals surface area contributed by atoms with Crippen LogP contribution in [0.3, 0.4) is 0 Å². The van der Waals surface area contributed by atoms with Gasteiger partial charge in [0.25, 0.3) is 0 Å². The van der Waals surface area contributed by atoms with Gasteiger partial charge in [-0.1, -0.05) is 48.5 Å². The first-order valence-electron chi connectivity index (χ1n) is 8.85. The number of nitrogens with one attached hydrogen (secondary N) is 1. The smallest absolute Gasteiger partial charge is 0.339 e. The second-order valence-corrected chi connectivity index (χ2v) is 6.47. The number of hydrogen-bond acceptors (Lipinski definition) is 3. The zero-order valence-electron chi connectivity index (χ0n) is 15.1. The van der Waals surface area contributed by atoms with Crippen LogP contribution in [0, 0.1) is 11.6 Å². The van der Waals surface area contributed by atoms with Crippen molar-refractivity contribution < 1.29 is 23.1 Å². The number of rotatable bonds is 5. The molecule has 0 amide bonds. The van der Waals surface area contributed by atoms with Crippen molar-refractivity contribution in [3.05, 3.63) is 107 Å². The van der Waals surface area contributed by atoms with Gasteiger partial charge in [0.05, 0.1) is 5.56 Å². The van der Waals surface area contributed by atoms with Gasteiger partial charge in [0, 0.05) is 34.3 Å². The van der Waals surface area contributed by atoms with E-state index in [1.165, 1.54) is 0 Å². The number of hydrogen-bond donors (Lipinski definition) is 1. The molecule has 144 valence electrons. The van der Waals surface area contributed by atoms with Crippen molar-refractivity contribution in [3.63, 3.8) is 0 Å². The molecule has 0 aliphatic rings. The Bertz CT molecular complexity index is 1180. The summed E-state index contributed by atoms with van der Waals surface area (Å²) in [6.07, 6.45) is 0.285. The first-order valence-corrected chi connectivity index (χ1v) is 8.85. The van der Waals surface area contributed by atoms with Gasteiger partial charge in [0.2, 0.25) is 5.78 Å². The molecule has 1 N–H and O–H groups in total. The number of halogens is 2. The first kappa shape index (κ1) is 18.6. The van der Waals surface area contributed by atoms with Gasteiger partial charge in [0.1, 0.15) is 11.6 Å². The number of carbonyl (C=O) groups is 2. The number of carbonyl (C=O) groups excluding carboxylic acids is 2. The molecular weight excluding hydrogens is 376 g/mol. The fourth-order valence-electron chi connectivity index (χ4n) is 3.16. The van der Waals surface area contributed by atoms with Crippen LogP contribution in [0.4, 0.5) is 8.78 Å². The third-order valence-electron chi connectivity index (χ3n) is 4.52. The maximum atomic E-state index is 13.5. The molecule has 0 aliphatic heterocycles. The summed E-state index contributed by atoms with van der Waals surface area (Å²) in [5.74, 6) is -3.25. The number of aromatic amines is 1. The Kier molecular flexibility index (Phi) is 4.91. The van der Waals surface area contributed by atoms with Gasteiger partial charge in [0.15, 0.2) is 6.10 Å². The minimum Gasteiger partial charge on any atom is -0.445 e. The lowest BCUT2D eigenvalue weighted by Gasteiger charge is -2.17. The molecule has 0 saturated heterocycles. The summed E-state index contributed by atoms with van der Waals surface area (Å²) >= 11 is 0. The van der Waals surface area contributed by atoms with Gasteiger partial charge >= 0.3 is 5.97 Å². The summed E-state index contributed by atoms with van der Waals surface area (Å²) in [5.41, 5.74) is 1.26. The number of fused-ring (bicyclic) bond motifs is 1. The molecule has 1 atom stereocenters. The minimum atomic E-state index is -1.27. The number of esters is 1. The van der Waals surface area contributed by atoms with Gasteiger partial charge in [-0.2, -0.15) is 0 Å². The Balaban J connectivity index is 1.72. The molecule has 29 heavy (non-hydrogen) atoms. The molecule has 4 aromatic rings. The van der Waals surface area contributed by atoms with E-state index < -0.39 is 29.5 Å². The average molecular weight is 391 g/mol. The Morgan fingerprint density at radius 1 is 0.862 bits per heavy atom. The van der Waals surface area contributed by atoms with Crippen LogP contribution >= 0.6 is 0 Å². The molecule has 1 unspecified atom stereocenters. The van der Waals surface area contributed by atoms with Crippen molar-refractivity contribution >= 4 is 22.7 Å². The SMILES string of the molecule is O=C(OC(C(=O)c1c[nH]c2ccccc12)c1ccccc1)c1cc(F)cc(F)c1. The normalized spacial score (nSPS) is 11.9. The highest BCUT2D eigenvalue weighted by Crippen LogP contribution is 2.28. The molecule has 3 aromatic carbocycles. The topological polar surface area (TPSA) is 59.2 Å². The number of para-hydroxylation sites is 1. The number of Topliss-reactive ketones (excluding diaryl/α,β-unsaturated/α-hetero) is 1. The zero-order valence-corrected chi connectivity index (χ0v) is 15.1. The highest BCUT2D eigenvalue weighted by atomic mass is 19.1. The number of benzene rings is 3. The fraction of sp³-hybridized carbons (Fsp3) is 0.0435. The molecule has 0 bridgehead atoms. The summed E-state index contributed by atoms with van der Waals surface area (Å²) in [7, 11) is 0. The average Bonchev–Trinajstić information content (AvgIpc) is 3.15. The van der Waals surface area contributed by atoms with E-state index in [4.69, 9.17) is 4.74 Å². The van der Waals surface area contributed by atoms with Crippen LogP contribution in [0.5, 0.6) is 0 Å². The molecule has 1 heterocycles. The molecule has 4 nitrogen and oxygen atoms in total. The Morgan fingerprint density at radius 2 is 1.52 bits per heavy atom.